The first-order chi connectivity index (χ1) is 5.56. The van der Waals surface area contributed by atoms with Crippen LogP contribution in [0, 0.1) is 13.8 Å². The molecule has 1 radical (unpaired) electrons. The largest absolute Gasteiger partial charge is 3.00 e. The van der Waals surface area contributed by atoms with Gasteiger partial charge in [-0.3, -0.25) is 0 Å². The molecule has 79 valence electrons. The van der Waals surface area contributed by atoms with Gasteiger partial charge in [-0.05, 0) is 0 Å². The molecule has 13 heavy (non-hydrogen) atoms. The molecule has 0 fully saturated rings. The summed E-state index contributed by atoms with van der Waals surface area (Å²) in [6.45, 7) is 11.4. The second kappa shape index (κ2) is 29.3. The fraction of sp³-hybridized carbons (Fsp3) is 0.667. The molecule has 0 aliphatic carbocycles. The second-order valence-corrected chi connectivity index (χ2v) is 3.16. The summed E-state index contributed by atoms with van der Waals surface area (Å²) in [5.74, 6) is 0. The van der Waals surface area contributed by atoms with Crippen LogP contribution in [0.1, 0.15) is 39.5 Å². The Morgan fingerprint density at radius 3 is 1.31 bits per heavy atom. The van der Waals surface area contributed by atoms with Crippen LogP contribution in [0.4, 0.5) is 0 Å². The number of hydrogen-bond acceptors (Lipinski definition) is 2. The Morgan fingerprint density at radius 2 is 1.31 bits per heavy atom. The molecule has 0 spiro atoms. The van der Waals surface area contributed by atoms with Crippen molar-refractivity contribution in [3.8, 4) is 0 Å². The van der Waals surface area contributed by atoms with Crippen molar-refractivity contribution in [3.05, 3.63) is 13.8 Å². The van der Waals surface area contributed by atoms with Crippen molar-refractivity contribution in [1.82, 2.24) is 0 Å². The molecule has 0 aromatic rings. The van der Waals surface area contributed by atoms with Gasteiger partial charge in [-0.2, -0.15) is 12.8 Å². The van der Waals surface area contributed by atoms with Crippen molar-refractivity contribution < 1.29 is 21.1 Å². The second-order valence-electron chi connectivity index (χ2n) is 2.03. The molecule has 0 aliphatic heterocycles. The Bertz CT molecular complexity index is 68.0. The van der Waals surface area contributed by atoms with Gasteiger partial charge in [-0.1, -0.05) is 31.0 Å². The van der Waals surface area contributed by atoms with Gasteiger partial charge in [0.2, 0.25) is 0 Å². The van der Waals surface area contributed by atoms with E-state index in [1.165, 1.54) is 12.8 Å². The first-order valence-corrected chi connectivity index (χ1v) is 4.93. The van der Waals surface area contributed by atoms with Crippen LogP contribution in [0.5, 0.6) is 0 Å². The molecule has 0 saturated carbocycles. The minimum atomic E-state index is 0. The Hall–Kier alpha value is 0.798. The van der Waals surface area contributed by atoms with Crippen molar-refractivity contribution in [2.45, 2.75) is 39.5 Å². The van der Waals surface area contributed by atoms with E-state index in [-0.39, 0.29) is 25.4 Å². The molecule has 0 rings (SSSR count). The summed E-state index contributed by atoms with van der Waals surface area (Å²) in [7, 11) is 0. The maximum atomic E-state index is 4.66. The molecule has 0 aromatic heterocycles. The maximum Gasteiger partial charge on any atom is 3.00 e. The summed E-state index contributed by atoms with van der Waals surface area (Å²) in [5, 5.41) is 0. The van der Waals surface area contributed by atoms with Crippen molar-refractivity contribution in [3.63, 3.8) is 0 Å². The molecule has 0 atom stereocenters. The molecule has 0 aliphatic rings. The predicted molar refractivity (Wildman–Crippen MR) is 64.7 cm³/mol. The normalized spacial score (nSPS) is 6.46. The zero-order valence-corrected chi connectivity index (χ0v) is 12.2. The predicted octanol–water partition coefficient (Wildman–Crippen LogP) is 3.02. The molecule has 0 bridgehead atoms. The third kappa shape index (κ3) is 191. The van der Waals surface area contributed by atoms with E-state index in [0.717, 1.165) is 12.8 Å². The molecule has 0 unspecified atom stereocenters. The molecule has 0 heterocycles. The summed E-state index contributed by atoms with van der Waals surface area (Å²) in [5.41, 5.74) is 4.66. The quantitative estimate of drug-likeness (QED) is 0.367. The summed E-state index contributed by atoms with van der Waals surface area (Å²) in [6.07, 6.45) is 4.56. The monoisotopic (exact) mass is 304 g/mol. The van der Waals surface area contributed by atoms with E-state index in [4.69, 9.17) is 0 Å². The van der Waals surface area contributed by atoms with Gasteiger partial charge >= 0.3 is 21.1 Å². The van der Waals surface area contributed by atoms with Crippen LogP contribution in [0.15, 0.2) is 0 Å². The van der Waals surface area contributed by atoms with Crippen LogP contribution in [0.25, 0.3) is 0 Å². The van der Waals surface area contributed by atoms with Gasteiger partial charge in [-0.25, -0.2) is 0 Å². The molecule has 1 nitrogen and oxygen atoms in total. The SMILES string of the molecule is NC(=S)[S-].[CH2-]CCC.[CH2-]CCC.[Mo+3]. The number of hydrogen-bond donors (Lipinski definition) is 1. The fourth-order valence-electron chi connectivity index (χ4n) is 0. The Labute approximate surface area is 109 Å². The van der Waals surface area contributed by atoms with E-state index in [1.807, 2.05) is 0 Å². The first kappa shape index (κ1) is 23.5. The van der Waals surface area contributed by atoms with E-state index in [2.05, 4.69) is 58.3 Å². The van der Waals surface area contributed by atoms with Crippen LogP contribution in [0.3, 0.4) is 0 Å². The minimum Gasteiger partial charge on any atom is -0.415 e. The van der Waals surface area contributed by atoms with E-state index >= 15 is 0 Å². The number of unbranched alkanes of at least 4 members (excludes halogenated alkanes) is 2. The zero-order valence-electron chi connectivity index (χ0n) is 8.54. The topological polar surface area (TPSA) is 26.0 Å². The van der Waals surface area contributed by atoms with Crippen LogP contribution in [-0.2, 0) is 33.7 Å². The summed E-state index contributed by atoms with van der Waals surface area (Å²) in [4.78, 5) is 0. The fourth-order valence-corrected chi connectivity index (χ4v) is 0. The van der Waals surface area contributed by atoms with Crippen molar-refractivity contribution in [1.29, 1.82) is 0 Å². The van der Waals surface area contributed by atoms with Crippen LogP contribution in [0.2, 0.25) is 0 Å². The van der Waals surface area contributed by atoms with Gasteiger partial charge in [0, 0.05) is 0 Å². The summed E-state index contributed by atoms with van der Waals surface area (Å²) >= 11 is 8.26. The Balaban J connectivity index is -0.0000000450. The number of nitrogens with two attached hydrogens (primary N) is 1. The van der Waals surface area contributed by atoms with Gasteiger partial charge in [0.05, 0.1) is 0 Å². The van der Waals surface area contributed by atoms with Crippen molar-refractivity contribution in [2.24, 2.45) is 5.73 Å². The van der Waals surface area contributed by atoms with Crippen LogP contribution in [-0.4, -0.2) is 4.32 Å². The smallest absolute Gasteiger partial charge is 0.415 e. The average molecular weight is 302 g/mol. The molecule has 0 amide bonds. The van der Waals surface area contributed by atoms with Gasteiger partial charge in [0.15, 0.2) is 0 Å². The molecule has 0 saturated heterocycles. The molecular weight excluding hydrogens is 282 g/mol. The average Bonchev–Trinajstić information content (AvgIpc) is 2.03. The third-order valence-corrected chi connectivity index (χ3v) is 0.707. The number of rotatable bonds is 2. The molecule has 2 N–H and O–H groups in total. The van der Waals surface area contributed by atoms with Gasteiger partial charge in [0.1, 0.15) is 0 Å². The third-order valence-electron chi connectivity index (χ3n) is 0.707. The van der Waals surface area contributed by atoms with E-state index in [0.29, 0.717) is 0 Å². The Morgan fingerprint density at radius 1 is 1.23 bits per heavy atom. The van der Waals surface area contributed by atoms with E-state index in [9.17, 15) is 0 Å². The molecular formula is C9H20MoNS2. The summed E-state index contributed by atoms with van der Waals surface area (Å²) < 4.78 is 0.0833. The van der Waals surface area contributed by atoms with Crippen molar-refractivity contribution >= 4 is 29.2 Å². The zero-order chi connectivity index (χ0) is 10.4. The van der Waals surface area contributed by atoms with E-state index in [1.54, 1.807) is 0 Å². The van der Waals surface area contributed by atoms with Gasteiger partial charge in [0.25, 0.3) is 0 Å². The van der Waals surface area contributed by atoms with E-state index < -0.39 is 0 Å². The van der Waals surface area contributed by atoms with Crippen LogP contribution < -0.4 is 5.73 Å². The molecule has 4 heteroatoms. The van der Waals surface area contributed by atoms with Crippen molar-refractivity contribution in [2.75, 3.05) is 0 Å². The van der Waals surface area contributed by atoms with Gasteiger partial charge < -0.3 is 44.4 Å². The van der Waals surface area contributed by atoms with Gasteiger partial charge in [-0.15, -0.1) is 0 Å². The standard InChI is InChI=1S/2C4H9.CH3NS2.Mo/c2*1-3-4-2;2-1(3)4;/h2*1,3-4H2,2H3;(H3,2,3,4);/q2*-1;;+3/p-1. The maximum absolute atomic E-state index is 4.66. The molecule has 0 aromatic carbocycles. The first-order valence-electron chi connectivity index (χ1n) is 4.11. The Kier molecular flexibility index (Phi) is 53.0. The number of thiocarbonyl (C=S) groups is 1. The summed E-state index contributed by atoms with van der Waals surface area (Å²) in [6, 6.07) is 0. The minimum absolute atomic E-state index is 0. The van der Waals surface area contributed by atoms with Crippen LogP contribution >= 0.6 is 12.2 Å².